The standard InChI is InChI=1S/C14H9BrClN3O2S/c15-12-5-6-17-13-7-9(1-3-11(12)13)19-22(20,21)10-2-4-14(16)18-8-10/h1-8,19H. The van der Waals surface area contributed by atoms with Crippen LogP contribution in [0.5, 0.6) is 0 Å². The molecule has 0 unspecified atom stereocenters. The van der Waals surface area contributed by atoms with Gasteiger partial charge in [-0.2, -0.15) is 0 Å². The lowest BCUT2D eigenvalue weighted by Crippen LogP contribution is -2.13. The van der Waals surface area contributed by atoms with E-state index in [2.05, 4.69) is 30.6 Å². The minimum atomic E-state index is -3.72. The van der Waals surface area contributed by atoms with Crippen molar-refractivity contribution in [2.75, 3.05) is 4.72 Å². The van der Waals surface area contributed by atoms with Crippen molar-refractivity contribution in [2.24, 2.45) is 0 Å². The Labute approximate surface area is 140 Å². The summed E-state index contributed by atoms with van der Waals surface area (Å²) in [5.74, 6) is 0. The summed E-state index contributed by atoms with van der Waals surface area (Å²) >= 11 is 9.09. The Balaban J connectivity index is 1.97. The lowest BCUT2D eigenvalue weighted by atomic mass is 10.2. The van der Waals surface area contributed by atoms with Gasteiger partial charge < -0.3 is 0 Å². The number of aromatic nitrogens is 2. The quantitative estimate of drug-likeness (QED) is 0.680. The van der Waals surface area contributed by atoms with Gasteiger partial charge in [0.15, 0.2) is 0 Å². The fourth-order valence-electron chi connectivity index (χ4n) is 1.91. The van der Waals surface area contributed by atoms with Crippen LogP contribution < -0.4 is 4.72 Å². The summed E-state index contributed by atoms with van der Waals surface area (Å²) in [6.45, 7) is 0. The number of sulfonamides is 1. The molecular formula is C14H9BrClN3O2S. The van der Waals surface area contributed by atoms with E-state index < -0.39 is 10.0 Å². The summed E-state index contributed by atoms with van der Waals surface area (Å²) < 4.78 is 28.0. The molecule has 112 valence electrons. The van der Waals surface area contributed by atoms with Crippen LogP contribution in [0.3, 0.4) is 0 Å². The predicted molar refractivity (Wildman–Crippen MR) is 89.5 cm³/mol. The van der Waals surface area contributed by atoms with Gasteiger partial charge in [-0.1, -0.05) is 27.5 Å². The van der Waals surface area contributed by atoms with Crippen molar-refractivity contribution < 1.29 is 8.42 Å². The Bertz CT molecular complexity index is 946. The number of fused-ring (bicyclic) bond motifs is 1. The molecular weight excluding hydrogens is 390 g/mol. The van der Waals surface area contributed by atoms with E-state index in [-0.39, 0.29) is 10.0 Å². The summed E-state index contributed by atoms with van der Waals surface area (Å²) in [6, 6.07) is 9.79. The van der Waals surface area contributed by atoms with E-state index in [0.717, 1.165) is 9.86 Å². The molecule has 0 fully saturated rings. The predicted octanol–water partition coefficient (Wildman–Crippen LogP) is 3.85. The van der Waals surface area contributed by atoms with E-state index in [9.17, 15) is 8.42 Å². The number of hydrogen-bond donors (Lipinski definition) is 1. The third kappa shape index (κ3) is 3.06. The lowest BCUT2D eigenvalue weighted by molar-refractivity contribution is 0.601. The average Bonchev–Trinajstić information content (AvgIpc) is 2.47. The number of benzene rings is 1. The Morgan fingerprint density at radius 2 is 1.91 bits per heavy atom. The number of anilines is 1. The van der Waals surface area contributed by atoms with Crippen LogP contribution in [0.15, 0.2) is 58.2 Å². The topological polar surface area (TPSA) is 72.0 Å². The molecule has 8 heteroatoms. The SMILES string of the molecule is O=S(=O)(Nc1ccc2c(Br)ccnc2c1)c1ccc(Cl)nc1. The van der Waals surface area contributed by atoms with Gasteiger partial charge in [0.05, 0.1) is 11.2 Å². The van der Waals surface area contributed by atoms with E-state index in [1.54, 1.807) is 24.4 Å². The van der Waals surface area contributed by atoms with Crippen molar-refractivity contribution in [3.05, 3.63) is 58.4 Å². The molecule has 1 N–H and O–H groups in total. The van der Waals surface area contributed by atoms with E-state index in [0.29, 0.717) is 11.2 Å². The van der Waals surface area contributed by atoms with Crippen LogP contribution in [-0.4, -0.2) is 18.4 Å². The second-order valence-electron chi connectivity index (χ2n) is 4.45. The van der Waals surface area contributed by atoms with Crippen LogP contribution in [0.1, 0.15) is 0 Å². The molecule has 2 aromatic heterocycles. The smallest absolute Gasteiger partial charge is 0.263 e. The highest BCUT2D eigenvalue weighted by molar-refractivity contribution is 9.10. The van der Waals surface area contributed by atoms with Gasteiger partial charge in [-0.15, -0.1) is 0 Å². The van der Waals surface area contributed by atoms with E-state index >= 15 is 0 Å². The maximum absolute atomic E-state index is 12.3. The maximum Gasteiger partial charge on any atom is 0.263 e. The van der Waals surface area contributed by atoms with Gasteiger partial charge in [-0.3, -0.25) is 9.71 Å². The molecule has 1 aromatic carbocycles. The summed E-state index contributed by atoms with van der Waals surface area (Å²) in [6.07, 6.45) is 2.86. The van der Waals surface area contributed by atoms with E-state index in [4.69, 9.17) is 11.6 Å². The monoisotopic (exact) mass is 397 g/mol. The molecule has 0 amide bonds. The highest BCUT2D eigenvalue weighted by Gasteiger charge is 2.15. The first-order valence-electron chi connectivity index (χ1n) is 6.14. The summed E-state index contributed by atoms with van der Waals surface area (Å²) in [4.78, 5) is 8.04. The minimum Gasteiger partial charge on any atom is -0.280 e. The van der Waals surface area contributed by atoms with Crippen molar-refractivity contribution in [1.29, 1.82) is 0 Å². The van der Waals surface area contributed by atoms with Crippen LogP contribution in [-0.2, 0) is 10.0 Å². The normalized spacial score (nSPS) is 11.5. The highest BCUT2D eigenvalue weighted by atomic mass is 79.9. The van der Waals surface area contributed by atoms with Crippen molar-refractivity contribution in [2.45, 2.75) is 4.90 Å². The number of nitrogens with zero attached hydrogens (tertiary/aromatic N) is 2. The number of rotatable bonds is 3. The number of nitrogens with one attached hydrogen (secondary N) is 1. The third-order valence-corrected chi connectivity index (χ3v) is 5.23. The molecule has 22 heavy (non-hydrogen) atoms. The molecule has 0 atom stereocenters. The summed E-state index contributed by atoms with van der Waals surface area (Å²) in [5, 5.41) is 1.14. The van der Waals surface area contributed by atoms with Gasteiger partial charge in [-0.05, 0) is 36.4 Å². The third-order valence-electron chi connectivity index (χ3n) is 2.95. The highest BCUT2D eigenvalue weighted by Crippen LogP contribution is 2.25. The molecule has 3 rings (SSSR count). The first-order chi connectivity index (χ1) is 10.5. The number of hydrogen-bond acceptors (Lipinski definition) is 4. The molecule has 2 heterocycles. The Morgan fingerprint density at radius 1 is 1.09 bits per heavy atom. The van der Waals surface area contributed by atoms with E-state index in [1.807, 2.05) is 6.07 Å². The molecule has 0 aliphatic rings. The molecule has 0 bridgehead atoms. The van der Waals surface area contributed by atoms with Crippen molar-refractivity contribution in [3.8, 4) is 0 Å². The molecule has 0 aliphatic heterocycles. The average molecular weight is 399 g/mol. The van der Waals surface area contributed by atoms with Crippen molar-refractivity contribution in [1.82, 2.24) is 9.97 Å². The van der Waals surface area contributed by atoms with Crippen molar-refractivity contribution >= 4 is 54.1 Å². The fourth-order valence-corrected chi connectivity index (χ4v) is 3.47. The van der Waals surface area contributed by atoms with Crippen LogP contribution in [0.25, 0.3) is 10.9 Å². The Kier molecular flexibility index (Phi) is 4.03. The molecule has 0 saturated carbocycles. The minimum absolute atomic E-state index is 0.0409. The van der Waals surface area contributed by atoms with Gasteiger partial charge in [0.1, 0.15) is 10.0 Å². The van der Waals surface area contributed by atoms with Crippen LogP contribution >= 0.6 is 27.5 Å². The second kappa shape index (κ2) is 5.83. The van der Waals surface area contributed by atoms with Gasteiger partial charge in [0.2, 0.25) is 0 Å². The van der Waals surface area contributed by atoms with E-state index in [1.165, 1.54) is 18.3 Å². The number of halogens is 2. The maximum atomic E-state index is 12.3. The first-order valence-corrected chi connectivity index (χ1v) is 8.80. The lowest BCUT2D eigenvalue weighted by Gasteiger charge is -2.09. The Hall–Kier alpha value is -1.70. The van der Waals surface area contributed by atoms with Crippen LogP contribution in [0.4, 0.5) is 5.69 Å². The summed E-state index contributed by atoms with van der Waals surface area (Å²) in [7, 11) is -3.72. The largest absolute Gasteiger partial charge is 0.280 e. The molecule has 0 aliphatic carbocycles. The summed E-state index contributed by atoms with van der Waals surface area (Å²) in [5.41, 5.74) is 1.11. The first kappa shape index (κ1) is 15.2. The van der Waals surface area contributed by atoms with Crippen LogP contribution in [0, 0.1) is 0 Å². The van der Waals surface area contributed by atoms with Gasteiger partial charge in [0, 0.05) is 22.3 Å². The Morgan fingerprint density at radius 3 is 2.64 bits per heavy atom. The van der Waals surface area contributed by atoms with Crippen LogP contribution in [0.2, 0.25) is 5.15 Å². The molecule has 0 spiro atoms. The fraction of sp³-hybridized carbons (Fsp3) is 0. The zero-order valence-corrected chi connectivity index (χ0v) is 14.2. The molecule has 0 radical (unpaired) electrons. The second-order valence-corrected chi connectivity index (χ2v) is 7.37. The zero-order valence-electron chi connectivity index (χ0n) is 11.0. The number of pyridine rings is 2. The zero-order chi connectivity index (χ0) is 15.7. The molecule has 0 saturated heterocycles. The van der Waals surface area contributed by atoms with Crippen molar-refractivity contribution in [3.63, 3.8) is 0 Å². The molecule has 5 nitrogen and oxygen atoms in total. The van der Waals surface area contributed by atoms with Gasteiger partial charge in [0.25, 0.3) is 10.0 Å². The van der Waals surface area contributed by atoms with Gasteiger partial charge in [-0.25, -0.2) is 13.4 Å². The van der Waals surface area contributed by atoms with Gasteiger partial charge >= 0.3 is 0 Å². The molecule has 3 aromatic rings.